The van der Waals surface area contributed by atoms with Crippen molar-refractivity contribution in [1.82, 2.24) is 4.98 Å². The third kappa shape index (κ3) is 1.84. The van der Waals surface area contributed by atoms with Crippen LogP contribution in [0.5, 0.6) is 0 Å². The maximum absolute atomic E-state index is 13.5. The van der Waals surface area contributed by atoms with Gasteiger partial charge in [0.05, 0.1) is 12.8 Å². The molecule has 0 aliphatic rings. The van der Waals surface area contributed by atoms with E-state index in [9.17, 15) is 9.18 Å². The molecule has 0 aliphatic heterocycles. The Hall–Kier alpha value is -1.69. The summed E-state index contributed by atoms with van der Waals surface area (Å²) in [6, 6.07) is 2.79. The maximum atomic E-state index is 13.5. The molecule has 4 nitrogen and oxygen atoms in total. The smallest absolute Gasteiger partial charge is 0.341 e. The van der Waals surface area contributed by atoms with E-state index in [1.54, 1.807) is 0 Å². The lowest BCUT2D eigenvalue weighted by Crippen LogP contribution is -2.07. The molecule has 0 saturated heterocycles. The number of nitrogens with zero attached hydrogens (tertiary/aromatic N) is 1. The van der Waals surface area contributed by atoms with E-state index in [4.69, 9.17) is 5.73 Å². The molecule has 6 heteroatoms. The van der Waals surface area contributed by atoms with E-state index >= 15 is 0 Å². The number of hydrogen-bond donors (Lipinski definition) is 1. The van der Waals surface area contributed by atoms with Crippen molar-refractivity contribution in [2.24, 2.45) is 0 Å². The van der Waals surface area contributed by atoms with E-state index in [-0.39, 0.29) is 16.8 Å². The molecule has 2 N–H and O–H groups in total. The minimum absolute atomic E-state index is 0.115. The van der Waals surface area contributed by atoms with Crippen LogP contribution < -0.4 is 5.73 Å². The number of anilines is 1. The fourth-order valence-electron chi connectivity index (χ4n) is 1.53. The third-order valence-corrected chi connectivity index (χ3v) is 3.03. The molecular weight excluding hydrogens is 291 g/mol. The molecule has 1 aromatic carbocycles. The Kier molecular flexibility index (Phi) is 2.97. The van der Waals surface area contributed by atoms with Crippen LogP contribution in [0.4, 0.5) is 10.1 Å². The predicted molar refractivity (Wildman–Crippen MR) is 65.2 cm³/mol. The summed E-state index contributed by atoms with van der Waals surface area (Å²) in [6.45, 7) is 0. The zero-order valence-corrected chi connectivity index (χ0v) is 10.4. The first-order valence-corrected chi connectivity index (χ1v) is 5.46. The third-order valence-electron chi connectivity index (χ3n) is 2.37. The fraction of sp³-hybridized carbons (Fsp3) is 0.0909. The number of esters is 1. The van der Waals surface area contributed by atoms with Gasteiger partial charge in [0, 0.05) is 16.1 Å². The lowest BCUT2D eigenvalue weighted by molar-refractivity contribution is 0.0601. The van der Waals surface area contributed by atoms with Gasteiger partial charge in [0.25, 0.3) is 0 Å². The van der Waals surface area contributed by atoms with Crippen LogP contribution in [0.3, 0.4) is 0 Å². The molecule has 2 rings (SSSR count). The van der Waals surface area contributed by atoms with Crippen LogP contribution in [0.1, 0.15) is 10.4 Å². The highest BCUT2D eigenvalue weighted by molar-refractivity contribution is 9.10. The highest BCUT2D eigenvalue weighted by Gasteiger charge is 2.17. The van der Waals surface area contributed by atoms with Gasteiger partial charge in [-0.1, -0.05) is 15.9 Å². The summed E-state index contributed by atoms with van der Waals surface area (Å²) < 4.78 is 18.6. The molecule has 0 amide bonds. The van der Waals surface area contributed by atoms with Gasteiger partial charge in [-0.15, -0.1) is 0 Å². The van der Waals surface area contributed by atoms with Crippen LogP contribution in [0.15, 0.2) is 22.8 Å². The van der Waals surface area contributed by atoms with Gasteiger partial charge in [0.2, 0.25) is 0 Å². The lowest BCUT2D eigenvalue weighted by Gasteiger charge is -2.08. The monoisotopic (exact) mass is 298 g/mol. The number of aromatic nitrogens is 1. The van der Waals surface area contributed by atoms with Gasteiger partial charge in [-0.2, -0.15) is 0 Å². The zero-order chi connectivity index (χ0) is 12.6. The lowest BCUT2D eigenvalue weighted by atomic mass is 10.1. The van der Waals surface area contributed by atoms with Crippen molar-refractivity contribution in [3.8, 4) is 0 Å². The van der Waals surface area contributed by atoms with Crippen molar-refractivity contribution in [3.05, 3.63) is 34.2 Å². The van der Waals surface area contributed by atoms with Crippen LogP contribution in [0, 0.1) is 5.82 Å². The highest BCUT2D eigenvalue weighted by Crippen LogP contribution is 2.31. The Bertz CT molecular complexity index is 616. The Morgan fingerprint density at radius 1 is 1.53 bits per heavy atom. The first kappa shape index (κ1) is 11.8. The first-order chi connectivity index (χ1) is 8.06. The Morgan fingerprint density at radius 3 is 2.88 bits per heavy atom. The van der Waals surface area contributed by atoms with E-state index in [0.29, 0.717) is 9.86 Å². The second-order valence-corrected chi connectivity index (χ2v) is 4.18. The molecular formula is C11H8BrFN2O2. The largest absolute Gasteiger partial charge is 0.465 e. The van der Waals surface area contributed by atoms with Crippen molar-refractivity contribution in [2.45, 2.75) is 0 Å². The summed E-state index contributed by atoms with van der Waals surface area (Å²) >= 11 is 3.25. The number of carbonyl (C=O) groups is 1. The molecule has 2 aromatic rings. The molecule has 1 heterocycles. The summed E-state index contributed by atoms with van der Waals surface area (Å²) in [7, 11) is 1.24. The number of hydrogen-bond acceptors (Lipinski definition) is 4. The van der Waals surface area contributed by atoms with Gasteiger partial charge >= 0.3 is 5.97 Å². The van der Waals surface area contributed by atoms with Gasteiger partial charge < -0.3 is 10.5 Å². The van der Waals surface area contributed by atoms with Crippen LogP contribution in [-0.2, 0) is 4.74 Å². The number of carbonyl (C=O) groups excluding carboxylic acids is 1. The molecule has 0 radical (unpaired) electrons. The normalized spacial score (nSPS) is 10.5. The van der Waals surface area contributed by atoms with E-state index in [0.717, 1.165) is 0 Å². The number of pyridine rings is 1. The standard InChI is InChI=1S/C11H8BrFN2O2/c1-17-11(16)5-4-15-10-7(13)3-2-6(12)8(10)9(5)14/h2-4H,1H3,(H2,14,15). The van der Waals surface area contributed by atoms with Crippen LogP contribution >= 0.6 is 15.9 Å². The van der Waals surface area contributed by atoms with Crippen molar-refractivity contribution in [2.75, 3.05) is 12.8 Å². The highest BCUT2D eigenvalue weighted by atomic mass is 79.9. The number of methoxy groups -OCH3 is 1. The number of halogens is 2. The summed E-state index contributed by atoms with van der Waals surface area (Å²) in [6.07, 6.45) is 1.21. The SMILES string of the molecule is COC(=O)c1cnc2c(F)ccc(Br)c2c1N. The molecule has 1 aromatic heterocycles. The van der Waals surface area contributed by atoms with Gasteiger partial charge in [-0.25, -0.2) is 9.18 Å². The number of nitrogens with two attached hydrogens (primary N) is 1. The summed E-state index contributed by atoms with van der Waals surface area (Å²) in [5.74, 6) is -1.10. The van der Waals surface area contributed by atoms with E-state index < -0.39 is 11.8 Å². The van der Waals surface area contributed by atoms with Crippen molar-refractivity contribution in [1.29, 1.82) is 0 Å². The van der Waals surface area contributed by atoms with E-state index in [2.05, 4.69) is 25.7 Å². The zero-order valence-electron chi connectivity index (χ0n) is 8.83. The minimum Gasteiger partial charge on any atom is -0.465 e. The average Bonchev–Trinajstić information content (AvgIpc) is 2.33. The Balaban J connectivity index is 2.84. The molecule has 0 spiro atoms. The molecule has 0 aliphatic carbocycles. The topological polar surface area (TPSA) is 65.2 Å². The van der Waals surface area contributed by atoms with Gasteiger partial charge in [-0.3, -0.25) is 4.98 Å². The average molecular weight is 299 g/mol. The van der Waals surface area contributed by atoms with Crippen LogP contribution in [0.2, 0.25) is 0 Å². The number of rotatable bonds is 1. The van der Waals surface area contributed by atoms with Crippen molar-refractivity contribution < 1.29 is 13.9 Å². The second-order valence-electron chi connectivity index (χ2n) is 3.33. The summed E-state index contributed by atoms with van der Waals surface area (Å²) in [5, 5.41) is 0.368. The minimum atomic E-state index is -0.604. The maximum Gasteiger partial charge on any atom is 0.341 e. The predicted octanol–water partition coefficient (Wildman–Crippen LogP) is 2.51. The number of nitrogen functional groups attached to an aromatic ring is 1. The van der Waals surface area contributed by atoms with Gasteiger partial charge in [0.1, 0.15) is 16.9 Å². The molecule has 0 atom stereocenters. The Morgan fingerprint density at radius 2 is 2.24 bits per heavy atom. The molecule has 0 bridgehead atoms. The summed E-state index contributed by atoms with van der Waals surface area (Å²) in [4.78, 5) is 15.3. The number of ether oxygens (including phenoxy) is 1. The van der Waals surface area contributed by atoms with Gasteiger partial charge in [-0.05, 0) is 12.1 Å². The summed E-state index contributed by atoms with van der Waals surface area (Å²) in [5.41, 5.74) is 6.21. The first-order valence-electron chi connectivity index (χ1n) is 4.66. The molecule has 88 valence electrons. The molecule has 0 saturated carbocycles. The molecule has 0 fully saturated rings. The fourth-order valence-corrected chi connectivity index (χ4v) is 2.06. The molecule has 0 unspecified atom stereocenters. The van der Waals surface area contributed by atoms with Crippen LogP contribution in [0.25, 0.3) is 10.9 Å². The van der Waals surface area contributed by atoms with E-state index in [1.165, 1.54) is 25.4 Å². The van der Waals surface area contributed by atoms with Crippen molar-refractivity contribution in [3.63, 3.8) is 0 Å². The van der Waals surface area contributed by atoms with Crippen LogP contribution in [-0.4, -0.2) is 18.1 Å². The second kappa shape index (κ2) is 4.29. The number of fused-ring (bicyclic) bond motifs is 1. The quantitative estimate of drug-likeness (QED) is 0.822. The molecule has 17 heavy (non-hydrogen) atoms. The van der Waals surface area contributed by atoms with Crippen molar-refractivity contribution >= 4 is 38.5 Å². The Labute approximate surface area is 105 Å². The number of benzene rings is 1. The van der Waals surface area contributed by atoms with E-state index in [1.807, 2.05) is 0 Å². The van der Waals surface area contributed by atoms with Gasteiger partial charge in [0.15, 0.2) is 0 Å².